The molecule has 23 heavy (non-hydrogen) atoms. The zero-order chi connectivity index (χ0) is 16.4. The molecule has 0 unspecified atom stereocenters. The first-order valence-corrected chi connectivity index (χ1v) is 7.98. The van der Waals surface area contributed by atoms with E-state index in [1.807, 2.05) is 4.90 Å². The van der Waals surface area contributed by atoms with Gasteiger partial charge in [-0.15, -0.1) is 0 Å². The Morgan fingerprint density at radius 3 is 2.17 bits per heavy atom. The number of rotatable bonds is 3. The molecule has 6 nitrogen and oxygen atoms in total. The number of piperidine rings is 1. The molecule has 0 aromatic heterocycles. The second-order valence-electron chi connectivity index (χ2n) is 6.20. The average molecular weight is 318 g/mol. The number of ether oxygens (including phenoxy) is 1. The lowest BCUT2D eigenvalue weighted by atomic mass is 9.98. The molecule has 0 radical (unpaired) electrons. The SMILES string of the molecule is COC(=O)c1ccc(C(=O)N2CCC(N3CC(O)C3)CC2)cc1. The summed E-state index contributed by atoms with van der Waals surface area (Å²) in [7, 11) is 1.34. The molecule has 0 spiro atoms. The summed E-state index contributed by atoms with van der Waals surface area (Å²) in [6, 6.07) is 7.06. The van der Waals surface area contributed by atoms with Gasteiger partial charge in [0.2, 0.25) is 0 Å². The highest BCUT2D eigenvalue weighted by Gasteiger charge is 2.33. The molecule has 2 fully saturated rings. The second kappa shape index (κ2) is 6.68. The maximum atomic E-state index is 12.5. The summed E-state index contributed by atoms with van der Waals surface area (Å²) in [5, 5.41) is 9.38. The Morgan fingerprint density at radius 1 is 1.09 bits per heavy atom. The Hall–Kier alpha value is -1.92. The first-order valence-electron chi connectivity index (χ1n) is 7.98. The van der Waals surface area contributed by atoms with Gasteiger partial charge in [-0.2, -0.15) is 0 Å². The molecular weight excluding hydrogens is 296 g/mol. The zero-order valence-electron chi connectivity index (χ0n) is 13.3. The Bertz CT molecular complexity index is 573. The predicted molar refractivity (Wildman–Crippen MR) is 84.3 cm³/mol. The number of carbonyl (C=O) groups excluding carboxylic acids is 2. The van der Waals surface area contributed by atoms with Crippen LogP contribution in [-0.4, -0.2) is 72.2 Å². The fourth-order valence-electron chi connectivity index (χ4n) is 3.27. The molecule has 0 aliphatic carbocycles. The van der Waals surface area contributed by atoms with Gasteiger partial charge in [-0.1, -0.05) is 0 Å². The number of likely N-dealkylation sites (tertiary alicyclic amines) is 2. The fraction of sp³-hybridized carbons (Fsp3) is 0.529. The van der Waals surface area contributed by atoms with E-state index >= 15 is 0 Å². The minimum absolute atomic E-state index is 0.00325. The van der Waals surface area contributed by atoms with Gasteiger partial charge in [0.15, 0.2) is 0 Å². The average Bonchev–Trinajstić information content (AvgIpc) is 2.58. The summed E-state index contributed by atoms with van der Waals surface area (Å²) in [6.45, 7) is 2.98. The van der Waals surface area contributed by atoms with E-state index < -0.39 is 5.97 Å². The van der Waals surface area contributed by atoms with E-state index in [2.05, 4.69) is 9.64 Å². The molecule has 1 amide bonds. The number of aliphatic hydroxyl groups is 1. The highest BCUT2D eigenvalue weighted by Crippen LogP contribution is 2.22. The van der Waals surface area contributed by atoms with Gasteiger partial charge in [0.1, 0.15) is 0 Å². The molecule has 1 aromatic rings. The van der Waals surface area contributed by atoms with Crippen molar-refractivity contribution in [3.05, 3.63) is 35.4 Å². The van der Waals surface area contributed by atoms with Crippen molar-refractivity contribution in [3.63, 3.8) is 0 Å². The quantitative estimate of drug-likeness (QED) is 0.833. The summed E-state index contributed by atoms with van der Waals surface area (Å²) in [4.78, 5) is 28.1. The summed E-state index contributed by atoms with van der Waals surface area (Å²) in [6.07, 6.45) is 1.71. The predicted octanol–water partition coefficient (Wildman–Crippen LogP) is 0.754. The number of esters is 1. The third kappa shape index (κ3) is 3.38. The van der Waals surface area contributed by atoms with Crippen molar-refractivity contribution in [2.45, 2.75) is 25.0 Å². The Kier molecular flexibility index (Phi) is 4.63. The second-order valence-corrected chi connectivity index (χ2v) is 6.20. The number of β-amino-alcohol motifs (C(OH)–C–C–N with tert-alkyl or cyclic N) is 1. The number of hydrogen-bond donors (Lipinski definition) is 1. The van der Waals surface area contributed by atoms with Gasteiger partial charge in [0.25, 0.3) is 5.91 Å². The maximum Gasteiger partial charge on any atom is 0.337 e. The van der Waals surface area contributed by atoms with Gasteiger partial charge in [-0.25, -0.2) is 4.79 Å². The van der Waals surface area contributed by atoms with Crippen LogP contribution in [0.4, 0.5) is 0 Å². The number of carbonyl (C=O) groups is 2. The van der Waals surface area contributed by atoms with Crippen LogP contribution in [0.3, 0.4) is 0 Å². The molecular formula is C17H22N2O4. The van der Waals surface area contributed by atoms with Crippen molar-refractivity contribution < 1.29 is 19.4 Å². The molecule has 1 aromatic carbocycles. The van der Waals surface area contributed by atoms with E-state index in [0.29, 0.717) is 17.2 Å². The maximum absolute atomic E-state index is 12.5. The molecule has 0 bridgehead atoms. The lowest BCUT2D eigenvalue weighted by Crippen LogP contribution is -2.58. The van der Waals surface area contributed by atoms with Crippen molar-refractivity contribution >= 4 is 11.9 Å². The van der Waals surface area contributed by atoms with Crippen LogP contribution in [0.2, 0.25) is 0 Å². The minimum Gasteiger partial charge on any atom is -0.465 e. The van der Waals surface area contributed by atoms with Crippen LogP contribution in [0.25, 0.3) is 0 Å². The van der Waals surface area contributed by atoms with Crippen LogP contribution in [0.5, 0.6) is 0 Å². The van der Waals surface area contributed by atoms with E-state index in [0.717, 1.165) is 39.0 Å². The van der Waals surface area contributed by atoms with Gasteiger partial charge >= 0.3 is 5.97 Å². The van der Waals surface area contributed by atoms with Crippen LogP contribution in [0.1, 0.15) is 33.6 Å². The van der Waals surface area contributed by atoms with Crippen LogP contribution in [0.15, 0.2) is 24.3 Å². The minimum atomic E-state index is -0.401. The highest BCUT2D eigenvalue weighted by molar-refractivity contribution is 5.96. The largest absolute Gasteiger partial charge is 0.465 e. The monoisotopic (exact) mass is 318 g/mol. The van der Waals surface area contributed by atoms with Gasteiger partial charge in [-0.3, -0.25) is 9.69 Å². The van der Waals surface area contributed by atoms with Crippen LogP contribution in [0, 0.1) is 0 Å². The Balaban J connectivity index is 1.55. The summed E-state index contributed by atoms with van der Waals surface area (Å²) in [5.74, 6) is -0.398. The smallest absolute Gasteiger partial charge is 0.337 e. The number of hydrogen-bond acceptors (Lipinski definition) is 5. The van der Waals surface area contributed by atoms with E-state index in [1.165, 1.54) is 7.11 Å². The number of nitrogens with zero attached hydrogens (tertiary/aromatic N) is 2. The third-order valence-corrected chi connectivity index (χ3v) is 4.71. The van der Waals surface area contributed by atoms with E-state index in [-0.39, 0.29) is 12.0 Å². The third-order valence-electron chi connectivity index (χ3n) is 4.71. The van der Waals surface area contributed by atoms with Gasteiger partial charge in [0.05, 0.1) is 18.8 Å². The van der Waals surface area contributed by atoms with Crippen LogP contribution < -0.4 is 0 Å². The molecule has 0 atom stereocenters. The van der Waals surface area contributed by atoms with Crippen molar-refractivity contribution in [1.29, 1.82) is 0 Å². The van der Waals surface area contributed by atoms with Crippen molar-refractivity contribution in [2.75, 3.05) is 33.3 Å². The molecule has 2 heterocycles. The van der Waals surface area contributed by atoms with Gasteiger partial charge in [-0.05, 0) is 37.1 Å². The molecule has 2 aliphatic rings. The van der Waals surface area contributed by atoms with E-state index in [9.17, 15) is 14.7 Å². The number of aliphatic hydroxyl groups excluding tert-OH is 1. The molecule has 124 valence electrons. The molecule has 6 heteroatoms. The summed E-state index contributed by atoms with van der Waals surface area (Å²) >= 11 is 0. The standard InChI is InChI=1S/C17H22N2O4/c1-23-17(22)13-4-2-12(3-5-13)16(21)18-8-6-14(7-9-18)19-10-15(20)11-19/h2-5,14-15,20H,6-11H2,1H3. The first kappa shape index (κ1) is 16.0. The molecule has 0 saturated carbocycles. The molecule has 3 rings (SSSR count). The fourth-order valence-corrected chi connectivity index (χ4v) is 3.27. The normalized spacial score (nSPS) is 20.2. The van der Waals surface area contributed by atoms with Crippen LogP contribution in [-0.2, 0) is 4.74 Å². The lowest BCUT2D eigenvalue weighted by Gasteiger charge is -2.45. The highest BCUT2D eigenvalue weighted by atomic mass is 16.5. The van der Waals surface area contributed by atoms with Crippen molar-refractivity contribution in [3.8, 4) is 0 Å². The van der Waals surface area contributed by atoms with Crippen molar-refractivity contribution in [1.82, 2.24) is 9.80 Å². The number of methoxy groups -OCH3 is 1. The Labute approximate surface area is 135 Å². The first-order chi connectivity index (χ1) is 11.1. The van der Waals surface area contributed by atoms with Crippen molar-refractivity contribution in [2.24, 2.45) is 0 Å². The van der Waals surface area contributed by atoms with Crippen LogP contribution >= 0.6 is 0 Å². The molecule has 1 N–H and O–H groups in total. The van der Waals surface area contributed by atoms with E-state index in [1.54, 1.807) is 24.3 Å². The van der Waals surface area contributed by atoms with Gasteiger partial charge < -0.3 is 14.7 Å². The lowest BCUT2D eigenvalue weighted by molar-refractivity contribution is -0.0381. The summed E-state index contributed by atoms with van der Waals surface area (Å²) < 4.78 is 4.65. The number of amides is 1. The summed E-state index contributed by atoms with van der Waals surface area (Å²) in [5.41, 5.74) is 1.04. The Morgan fingerprint density at radius 2 is 1.65 bits per heavy atom. The molecule has 2 saturated heterocycles. The van der Waals surface area contributed by atoms with Gasteiger partial charge in [0, 0.05) is 37.8 Å². The number of benzene rings is 1. The van der Waals surface area contributed by atoms with E-state index in [4.69, 9.17) is 0 Å². The molecule has 2 aliphatic heterocycles. The zero-order valence-corrected chi connectivity index (χ0v) is 13.3. The topological polar surface area (TPSA) is 70.1 Å².